The molecule has 0 unspecified atom stereocenters. The van der Waals surface area contributed by atoms with Crippen LogP contribution in [0, 0.1) is 0 Å². The van der Waals surface area contributed by atoms with Crippen LogP contribution in [0.3, 0.4) is 0 Å². The summed E-state index contributed by atoms with van der Waals surface area (Å²) in [5.41, 5.74) is 0. The van der Waals surface area contributed by atoms with Gasteiger partial charge in [-0.1, -0.05) is 6.58 Å². The van der Waals surface area contributed by atoms with Gasteiger partial charge in [-0.05, 0) is 12.8 Å². The molecule has 0 N–H and O–H groups in total. The lowest BCUT2D eigenvalue weighted by molar-refractivity contribution is 0.108. The first-order chi connectivity index (χ1) is 5.93. The van der Waals surface area contributed by atoms with Crippen molar-refractivity contribution in [2.24, 2.45) is 0 Å². The molecule has 0 radical (unpaired) electrons. The first kappa shape index (κ1) is 9.55. The van der Waals surface area contributed by atoms with Gasteiger partial charge in [-0.3, -0.25) is 0 Å². The zero-order valence-corrected chi connectivity index (χ0v) is 7.33. The average molecular weight is 172 g/mol. The molecule has 0 saturated carbocycles. The summed E-state index contributed by atoms with van der Waals surface area (Å²) in [6.07, 6.45) is 3.92. The van der Waals surface area contributed by atoms with Crippen LogP contribution in [0.2, 0.25) is 0 Å². The Hall–Kier alpha value is -0.540. The Bertz CT molecular complexity index is 121. The number of hydrogen-bond donors (Lipinski definition) is 0. The molecule has 1 atom stereocenters. The summed E-state index contributed by atoms with van der Waals surface area (Å²) in [6, 6.07) is 0. The Balaban J connectivity index is 1.67. The molecule has 0 amide bonds. The van der Waals surface area contributed by atoms with Crippen molar-refractivity contribution in [2.45, 2.75) is 18.9 Å². The first-order valence-electron chi connectivity index (χ1n) is 4.35. The lowest BCUT2D eigenvalue weighted by Gasteiger charge is -2.01. The minimum Gasteiger partial charge on any atom is -0.502 e. The van der Waals surface area contributed by atoms with Gasteiger partial charge in [0.1, 0.15) is 6.10 Å². The summed E-state index contributed by atoms with van der Waals surface area (Å²) in [6.45, 7) is 6.63. The van der Waals surface area contributed by atoms with Crippen LogP contribution in [-0.2, 0) is 14.2 Å². The Morgan fingerprint density at radius 2 is 2.17 bits per heavy atom. The average Bonchev–Trinajstić information content (AvgIpc) is 2.87. The third kappa shape index (κ3) is 5.16. The van der Waals surface area contributed by atoms with E-state index in [-0.39, 0.29) is 0 Å². The van der Waals surface area contributed by atoms with Gasteiger partial charge >= 0.3 is 0 Å². The fourth-order valence-corrected chi connectivity index (χ4v) is 0.852. The summed E-state index contributed by atoms with van der Waals surface area (Å²) in [5.74, 6) is 0. The largest absolute Gasteiger partial charge is 0.502 e. The molecular weight excluding hydrogens is 156 g/mol. The number of ether oxygens (including phenoxy) is 3. The van der Waals surface area contributed by atoms with Crippen molar-refractivity contribution in [1.29, 1.82) is 0 Å². The van der Waals surface area contributed by atoms with Crippen molar-refractivity contribution in [1.82, 2.24) is 0 Å². The predicted molar refractivity (Wildman–Crippen MR) is 45.9 cm³/mol. The first-order valence-corrected chi connectivity index (χ1v) is 4.35. The van der Waals surface area contributed by atoms with Crippen LogP contribution >= 0.6 is 0 Å². The molecule has 12 heavy (non-hydrogen) atoms. The highest BCUT2D eigenvalue weighted by molar-refractivity contribution is 4.66. The summed E-state index contributed by atoms with van der Waals surface area (Å²) in [7, 11) is 0. The second-order valence-corrected chi connectivity index (χ2v) is 2.77. The predicted octanol–water partition coefficient (Wildman–Crippen LogP) is 1.34. The Kier molecular flexibility index (Phi) is 4.80. The molecule has 1 fully saturated rings. The summed E-state index contributed by atoms with van der Waals surface area (Å²) < 4.78 is 15.3. The van der Waals surface area contributed by atoms with Crippen LogP contribution in [0.4, 0.5) is 0 Å². The molecule has 0 aromatic rings. The van der Waals surface area contributed by atoms with E-state index in [9.17, 15) is 0 Å². The van der Waals surface area contributed by atoms with E-state index in [1.54, 1.807) is 0 Å². The molecule has 0 aromatic carbocycles. The fraction of sp³-hybridized carbons (Fsp3) is 0.778. The molecule has 3 nitrogen and oxygen atoms in total. The van der Waals surface area contributed by atoms with Gasteiger partial charge in [0.15, 0.2) is 0 Å². The highest BCUT2D eigenvalue weighted by Gasteiger charge is 2.21. The van der Waals surface area contributed by atoms with E-state index in [1.165, 1.54) is 6.26 Å². The molecule has 0 aliphatic carbocycles. The van der Waals surface area contributed by atoms with Gasteiger partial charge in [0.2, 0.25) is 0 Å². The molecule has 1 rings (SSSR count). The van der Waals surface area contributed by atoms with E-state index in [4.69, 9.17) is 14.2 Å². The van der Waals surface area contributed by atoms with Crippen LogP contribution in [0.15, 0.2) is 12.8 Å². The quantitative estimate of drug-likeness (QED) is 0.314. The zero-order valence-electron chi connectivity index (χ0n) is 7.33. The Morgan fingerprint density at radius 3 is 2.83 bits per heavy atom. The lowest BCUT2D eigenvalue weighted by atomic mass is 10.3. The number of epoxide rings is 1. The van der Waals surface area contributed by atoms with Gasteiger partial charge in [-0.15, -0.1) is 0 Å². The molecule has 0 bridgehead atoms. The zero-order chi connectivity index (χ0) is 8.65. The minimum atomic E-state index is 0.384. The van der Waals surface area contributed by atoms with Crippen molar-refractivity contribution in [2.75, 3.05) is 26.4 Å². The van der Waals surface area contributed by atoms with Gasteiger partial charge < -0.3 is 14.2 Å². The number of hydrogen-bond acceptors (Lipinski definition) is 3. The second-order valence-electron chi connectivity index (χ2n) is 2.77. The summed E-state index contributed by atoms with van der Waals surface area (Å²) in [5, 5.41) is 0. The van der Waals surface area contributed by atoms with Crippen molar-refractivity contribution in [3.63, 3.8) is 0 Å². The highest BCUT2D eigenvalue weighted by Crippen LogP contribution is 2.08. The molecule has 1 saturated heterocycles. The smallest absolute Gasteiger partial charge is 0.104 e. The van der Waals surface area contributed by atoms with Crippen LogP contribution in [0.1, 0.15) is 12.8 Å². The normalized spacial score (nSPS) is 20.5. The van der Waals surface area contributed by atoms with E-state index in [0.29, 0.717) is 6.10 Å². The maximum absolute atomic E-state index is 5.33. The molecule has 3 heteroatoms. The van der Waals surface area contributed by atoms with E-state index in [1.807, 2.05) is 0 Å². The molecule has 70 valence electrons. The molecule has 1 aliphatic heterocycles. The van der Waals surface area contributed by atoms with Crippen molar-refractivity contribution < 1.29 is 14.2 Å². The van der Waals surface area contributed by atoms with Gasteiger partial charge in [-0.2, -0.15) is 0 Å². The monoisotopic (exact) mass is 172 g/mol. The van der Waals surface area contributed by atoms with Crippen molar-refractivity contribution >= 4 is 0 Å². The van der Waals surface area contributed by atoms with Crippen LogP contribution in [0.25, 0.3) is 0 Å². The molecule has 1 heterocycles. The van der Waals surface area contributed by atoms with E-state index in [2.05, 4.69) is 6.58 Å². The molecule has 0 aromatic heterocycles. The van der Waals surface area contributed by atoms with Gasteiger partial charge in [0, 0.05) is 6.61 Å². The number of unbranched alkanes of at least 4 members (excludes halogenated alkanes) is 1. The minimum absolute atomic E-state index is 0.384. The van der Waals surface area contributed by atoms with Crippen molar-refractivity contribution in [3.05, 3.63) is 12.8 Å². The topological polar surface area (TPSA) is 31.0 Å². The molecule has 1 aliphatic rings. The van der Waals surface area contributed by atoms with Gasteiger partial charge in [-0.25, -0.2) is 0 Å². The summed E-state index contributed by atoms with van der Waals surface area (Å²) in [4.78, 5) is 0. The standard InChI is InChI=1S/C9H16O3/c1-2-10-5-3-4-6-11-7-9-8-12-9/h2,9H,1,3-8H2/t9-/m0/s1. The molecular formula is C9H16O3. The van der Waals surface area contributed by atoms with Crippen LogP contribution < -0.4 is 0 Å². The van der Waals surface area contributed by atoms with Gasteiger partial charge in [0.05, 0.1) is 26.1 Å². The Labute approximate surface area is 73.3 Å². The van der Waals surface area contributed by atoms with Crippen LogP contribution in [-0.4, -0.2) is 32.5 Å². The third-order valence-corrected chi connectivity index (χ3v) is 1.62. The molecule has 0 spiro atoms. The lowest BCUT2D eigenvalue weighted by Crippen LogP contribution is -2.03. The maximum Gasteiger partial charge on any atom is 0.104 e. The second kappa shape index (κ2) is 6.03. The summed E-state index contributed by atoms with van der Waals surface area (Å²) >= 11 is 0. The van der Waals surface area contributed by atoms with E-state index >= 15 is 0 Å². The van der Waals surface area contributed by atoms with E-state index < -0.39 is 0 Å². The van der Waals surface area contributed by atoms with Gasteiger partial charge in [0.25, 0.3) is 0 Å². The van der Waals surface area contributed by atoms with E-state index in [0.717, 1.165) is 39.3 Å². The number of rotatable bonds is 8. The Morgan fingerprint density at radius 1 is 1.42 bits per heavy atom. The SMILES string of the molecule is C=COCCCCOC[C@H]1CO1. The highest BCUT2D eigenvalue weighted by atomic mass is 16.6. The third-order valence-electron chi connectivity index (χ3n) is 1.62. The van der Waals surface area contributed by atoms with Crippen molar-refractivity contribution in [3.8, 4) is 0 Å². The van der Waals surface area contributed by atoms with Crippen LogP contribution in [0.5, 0.6) is 0 Å². The fourth-order valence-electron chi connectivity index (χ4n) is 0.852. The maximum atomic E-state index is 5.33.